The Bertz CT molecular complexity index is 1110. The van der Waals surface area contributed by atoms with Crippen molar-refractivity contribution in [2.24, 2.45) is 5.92 Å². The highest BCUT2D eigenvalue weighted by Gasteiger charge is 2.21. The zero-order valence-corrected chi connectivity index (χ0v) is 21.5. The van der Waals surface area contributed by atoms with Crippen LogP contribution in [0.5, 0.6) is 0 Å². The van der Waals surface area contributed by atoms with Gasteiger partial charge in [0.25, 0.3) is 0 Å². The average molecular weight is 459 g/mol. The summed E-state index contributed by atoms with van der Waals surface area (Å²) in [5, 5.41) is 9.58. The number of carbonyl (C=O) groups excluding carboxylic acids is 1. The minimum absolute atomic E-state index is 0.0964. The molecule has 3 rings (SSSR count). The zero-order chi connectivity index (χ0) is 24.8. The van der Waals surface area contributed by atoms with Gasteiger partial charge < -0.3 is 10.0 Å². The van der Waals surface area contributed by atoms with Crippen molar-refractivity contribution >= 4 is 11.5 Å². The fourth-order valence-electron chi connectivity index (χ4n) is 4.75. The number of rotatable bonds is 10. The molecule has 0 saturated carbocycles. The van der Waals surface area contributed by atoms with Crippen LogP contribution in [0.15, 0.2) is 48.8 Å². The van der Waals surface area contributed by atoms with Gasteiger partial charge in [-0.2, -0.15) is 0 Å². The summed E-state index contributed by atoms with van der Waals surface area (Å²) >= 11 is 0. The molecule has 0 bridgehead atoms. The molecule has 4 nitrogen and oxygen atoms in total. The number of Topliss-reactive ketones (excluding diaryl/α,β-unsaturated/α-hetero) is 1. The third-order valence-corrected chi connectivity index (χ3v) is 5.91. The Kier molecular flexibility index (Phi) is 8.62. The van der Waals surface area contributed by atoms with Gasteiger partial charge in [0, 0.05) is 55.2 Å². The highest BCUT2D eigenvalue weighted by Crippen LogP contribution is 2.36. The first-order valence-corrected chi connectivity index (χ1v) is 12.2. The molecule has 0 radical (unpaired) electrons. The second kappa shape index (κ2) is 11.4. The summed E-state index contributed by atoms with van der Waals surface area (Å²) in [6.45, 7) is 14.4. The Labute approximate surface area is 204 Å². The first kappa shape index (κ1) is 25.6. The van der Waals surface area contributed by atoms with Crippen LogP contribution in [0.25, 0.3) is 11.1 Å². The second-order valence-corrected chi connectivity index (χ2v) is 9.96. The van der Waals surface area contributed by atoms with Crippen LogP contribution >= 0.6 is 0 Å². The lowest BCUT2D eigenvalue weighted by molar-refractivity contribution is 0.0992. The lowest BCUT2D eigenvalue weighted by Gasteiger charge is -2.31. The number of pyridine rings is 1. The molecule has 0 aliphatic rings. The van der Waals surface area contributed by atoms with E-state index in [0.717, 1.165) is 52.2 Å². The third-order valence-electron chi connectivity index (χ3n) is 5.91. The van der Waals surface area contributed by atoms with Crippen molar-refractivity contribution < 1.29 is 9.90 Å². The molecule has 0 aliphatic carbocycles. The number of ketones is 1. The maximum Gasteiger partial charge on any atom is 0.167 e. The number of hydrogen-bond acceptors (Lipinski definition) is 4. The predicted octanol–water partition coefficient (Wildman–Crippen LogP) is 6.25. The molecule has 1 aromatic heterocycles. The van der Waals surface area contributed by atoms with Crippen LogP contribution in [-0.2, 0) is 6.42 Å². The Balaban J connectivity index is 2.15. The van der Waals surface area contributed by atoms with Crippen LogP contribution in [0.2, 0.25) is 0 Å². The number of carbonyl (C=O) groups is 1. The number of nitrogens with zero attached hydrogens (tertiary/aromatic N) is 2. The van der Waals surface area contributed by atoms with E-state index in [9.17, 15) is 9.90 Å². The SMILES string of the molecule is Cc1cc(C)cc(C(=O)Cc2cncc(-c3cc(C)cc(C)c3)c2N(CCCO)CC(C)C)c1. The highest BCUT2D eigenvalue weighted by molar-refractivity contribution is 5.99. The molecule has 1 heterocycles. The average Bonchev–Trinajstić information content (AvgIpc) is 2.75. The molecule has 4 heteroatoms. The van der Waals surface area contributed by atoms with Crippen molar-refractivity contribution in [3.05, 3.63) is 82.2 Å². The van der Waals surface area contributed by atoms with E-state index >= 15 is 0 Å². The van der Waals surface area contributed by atoms with E-state index in [4.69, 9.17) is 0 Å². The number of aliphatic hydroxyl groups is 1. The number of aromatic nitrogens is 1. The van der Waals surface area contributed by atoms with Crippen LogP contribution in [0.1, 0.15) is 58.4 Å². The fraction of sp³-hybridized carbons (Fsp3) is 0.400. The van der Waals surface area contributed by atoms with Crippen LogP contribution < -0.4 is 4.90 Å². The molecule has 0 atom stereocenters. The molecule has 0 fully saturated rings. The molecule has 2 aromatic carbocycles. The van der Waals surface area contributed by atoms with Crippen molar-refractivity contribution in [2.75, 3.05) is 24.6 Å². The Hall–Kier alpha value is -2.98. The number of aryl methyl sites for hydroxylation is 4. The van der Waals surface area contributed by atoms with Gasteiger partial charge in [-0.25, -0.2) is 0 Å². The molecule has 1 N–H and O–H groups in total. The topological polar surface area (TPSA) is 53.4 Å². The summed E-state index contributed by atoms with van der Waals surface area (Å²) in [5.41, 5.74) is 9.46. The number of anilines is 1. The quantitative estimate of drug-likeness (QED) is 0.365. The standard InChI is InChI=1S/C30H38N2O2/c1-20(2)19-32(8-7-9-33)30-27(16-29(34)26-14-23(5)11-24(6)15-26)17-31-18-28(30)25-12-21(3)10-22(4)13-25/h10-15,17-18,20,33H,7-9,16,19H2,1-6H3. The molecule has 0 spiro atoms. The Morgan fingerprint density at radius 2 is 1.50 bits per heavy atom. The zero-order valence-electron chi connectivity index (χ0n) is 21.5. The van der Waals surface area contributed by atoms with Crippen molar-refractivity contribution in [3.63, 3.8) is 0 Å². The largest absolute Gasteiger partial charge is 0.396 e. The molecule has 3 aromatic rings. The number of aliphatic hydroxyl groups excluding tert-OH is 1. The minimum atomic E-state index is 0.0964. The molecule has 0 unspecified atom stereocenters. The van der Waals surface area contributed by atoms with Gasteiger partial charge >= 0.3 is 0 Å². The monoisotopic (exact) mass is 458 g/mol. The number of hydrogen-bond donors (Lipinski definition) is 1. The van der Waals surface area contributed by atoms with Gasteiger partial charge in [-0.3, -0.25) is 9.78 Å². The van der Waals surface area contributed by atoms with E-state index in [1.54, 1.807) is 0 Å². The fourth-order valence-corrected chi connectivity index (χ4v) is 4.75. The predicted molar refractivity (Wildman–Crippen MR) is 142 cm³/mol. The smallest absolute Gasteiger partial charge is 0.167 e. The van der Waals surface area contributed by atoms with E-state index in [1.807, 2.05) is 38.4 Å². The number of benzene rings is 2. The lowest BCUT2D eigenvalue weighted by Crippen LogP contribution is -2.31. The summed E-state index contributed by atoms with van der Waals surface area (Å²) in [5.74, 6) is 0.529. The maximum atomic E-state index is 13.4. The first-order valence-electron chi connectivity index (χ1n) is 12.2. The highest BCUT2D eigenvalue weighted by atomic mass is 16.3. The lowest BCUT2D eigenvalue weighted by atomic mass is 9.94. The summed E-state index contributed by atoms with van der Waals surface area (Å²) in [4.78, 5) is 20.3. The third kappa shape index (κ3) is 6.54. The molecular formula is C30H38N2O2. The molecular weight excluding hydrogens is 420 g/mol. The van der Waals surface area contributed by atoms with Crippen LogP contribution in [0, 0.1) is 33.6 Å². The first-order chi connectivity index (χ1) is 16.2. The van der Waals surface area contributed by atoms with Gasteiger partial charge in [0.1, 0.15) is 0 Å². The van der Waals surface area contributed by atoms with E-state index in [2.05, 4.69) is 61.8 Å². The van der Waals surface area contributed by atoms with Crippen molar-refractivity contribution in [1.82, 2.24) is 4.98 Å². The van der Waals surface area contributed by atoms with Crippen LogP contribution in [-0.4, -0.2) is 35.6 Å². The van der Waals surface area contributed by atoms with E-state index < -0.39 is 0 Å². The van der Waals surface area contributed by atoms with Gasteiger partial charge in [0.2, 0.25) is 0 Å². The molecule has 0 saturated heterocycles. The Morgan fingerprint density at radius 3 is 2.06 bits per heavy atom. The minimum Gasteiger partial charge on any atom is -0.396 e. The normalized spacial score (nSPS) is 11.2. The second-order valence-electron chi connectivity index (χ2n) is 9.96. The van der Waals surface area contributed by atoms with E-state index in [0.29, 0.717) is 12.3 Å². The van der Waals surface area contributed by atoms with Crippen LogP contribution in [0.4, 0.5) is 5.69 Å². The van der Waals surface area contributed by atoms with Crippen molar-refractivity contribution in [2.45, 2.75) is 54.4 Å². The molecule has 0 amide bonds. The van der Waals surface area contributed by atoms with Gasteiger partial charge in [-0.05, 0) is 57.7 Å². The summed E-state index contributed by atoms with van der Waals surface area (Å²) in [6.07, 6.45) is 4.72. The van der Waals surface area contributed by atoms with Gasteiger partial charge in [-0.1, -0.05) is 60.4 Å². The molecule has 34 heavy (non-hydrogen) atoms. The summed E-state index contributed by atoms with van der Waals surface area (Å²) in [6, 6.07) is 12.6. The summed E-state index contributed by atoms with van der Waals surface area (Å²) < 4.78 is 0. The van der Waals surface area contributed by atoms with Gasteiger partial charge in [0.05, 0.1) is 5.69 Å². The molecule has 180 valence electrons. The van der Waals surface area contributed by atoms with Crippen LogP contribution in [0.3, 0.4) is 0 Å². The Morgan fingerprint density at radius 1 is 0.912 bits per heavy atom. The van der Waals surface area contributed by atoms with Crippen molar-refractivity contribution in [1.29, 1.82) is 0 Å². The molecule has 0 aliphatic heterocycles. The van der Waals surface area contributed by atoms with Crippen molar-refractivity contribution in [3.8, 4) is 11.1 Å². The van der Waals surface area contributed by atoms with E-state index in [1.165, 1.54) is 11.1 Å². The van der Waals surface area contributed by atoms with E-state index in [-0.39, 0.29) is 18.8 Å². The van der Waals surface area contributed by atoms with Gasteiger partial charge in [-0.15, -0.1) is 0 Å². The van der Waals surface area contributed by atoms with Gasteiger partial charge in [0.15, 0.2) is 5.78 Å². The summed E-state index contributed by atoms with van der Waals surface area (Å²) in [7, 11) is 0. The maximum absolute atomic E-state index is 13.4.